The van der Waals surface area contributed by atoms with Crippen LogP contribution in [0.4, 0.5) is 4.79 Å². The molecule has 0 spiro atoms. The quantitative estimate of drug-likeness (QED) is 0.277. The van der Waals surface area contributed by atoms with Crippen molar-refractivity contribution >= 4 is 11.7 Å². The van der Waals surface area contributed by atoms with E-state index in [1.54, 1.807) is 26.4 Å². The summed E-state index contributed by atoms with van der Waals surface area (Å²) in [5, 5.41) is 10.1. The Morgan fingerprint density at radius 2 is 1.55 bits per heavy atom. The van der Waals surface area contributed by atoms with E-state index in [0.29, 0.717) is 37.1 Å². The lowest BCUT2D eigenvalue weighted by atomic mass is 9.86. The lowest BCUT2D eigenvalue weighted by Gasteiger charge is -2.43. The van der Waals surface area contributed by atoms with Crippen molar-refractivity contribution in [2.24, 2.45) is 0 Å². The topological polar surface area (TPSA) is 65.5 Å². The average molecular weight is 572 g/mol. The first-order valence-corrected chi connectivity index (χ1v) is 14.8. The van der Waals surface area contributed by atoms with E-state index in [2.05, 4.69) is 50.4 Å². The highest BCUT2D eigenvalue weighted by Crippen LogP contribution is 2.43. The van der Waals surface area contributed by atoms with Crippen LogP contribution >= 0.6 is 0 Å². The number of ether oxygens (including phenoxy) is 2. The normalized spacial score (nSPS) is 15.3. The van der Waals surface area contributed by atoms with Crippen LogP contribution in [0.2, 0.25) is 0 Å². The first-order valence-electron chi connectivity index (χ1n) is 14.8. The summed E-state index contributed by atoms with van der Waals surface area (Å²) in [5.41, 5.74) is 4.52. The second kappa shape index (κ2) is 14.4. The zero-order valence-electron chi connectivity index (χ0n) is 25.6. The second-order valence-electron chi connectivity index (χ2n) is 11.3. The van der Waals surface area contributed by atoms with Crippen molar-refractivity contribution in [2.75, 3.05) is 53.6 Å². The largest absolute Gasteiger partial charge is 0.508 e. The summed E-state index contributed by atoms with van der Waals surface area (Å²) in [4.78, 5) is 20.8. The monoisotopic (exact) mass is 571 g/mol. The number of piperazine rings is 1. The molecule has 224 valence electrons. The van der Waals surface area contributed by atoms with E-state index >= 15 is 0 Å². The molecule has 42 heavy (non-hydrogen) atoms. The maximum Gasteiger partial charge on any atom is 0.325 e. The van der Waals surface area contributed by atoms with Gasteiger partial charge < -0.3 is 19.5 Å². The number of hydrogen-bond acceptors (Lipinski definition) is 5. The Hall–Kier alpha value is -3.81. The van der Waals surface area contributed by atoms with Gasteiger partial charge in [0.25, 0.3) is 0 Å². The van der Waals surface area contributed by atoms with Crippen molar-refractivity contribution in [3.05, 3.63) is 102 Å². The van der Waals surface area contributed by atoms with Gasteiger partial charge in [-0.2, -0.15) is 0 Å². The first-order chi connectivity index (χ1) is 20.2. The number of nitrogens with zero attached hydrogens (tertiary/aromatic N) is 3. The maximum atomic E-state index is 14.7. The minimum atomic E-state index is -0.394. The van der Waals surface area contributed by atoms with E-state index in [9.17, 15) is 9.90 Å². The molecule has 3 aromatic carbocycles. The molecule has 4 rings (SSSR count). The number of phenols is 1. The van der Waals surface area contributed by atoms with E-state index in [1.807, 2.05) is 52.3 Å². The summed E-state index contributed by atoms with van der Waals surface area (Å²) in [6, 6.07) is 23.0. The van der Waals surface area contributed by atoms with Crippen LogP contribution < -0.4 is 4.74 Å². The molecule has 2 atom stereocenters. The Kier molecular flexibility index (Phi) is 10.7. The van der Waals surface area contributed by atoms with Crippen molar-refractivity contribution in [2.45, 2.75) is 38.6 Å². The lowest BCUT2D eigenvalue weighted by molar-refractivity contribution is 0.0934. The Balaban J connectivity index is 1.81. The molecule has 1 fully saturated rings. The van der Waals surface area contributed by atoms with E-state index in [-0.39, 0.29) is 17.7 Å². The lowest BCUT2D eigenvalue weighted by Crippen LogP contribution is -2.53. The molecule has 1 N–H and O–H groups in total. The third-order valence-corrected chi connectivity index (χ3v) is 8.27. The van der Waals surface area contributed by atoms with Crippen molar-refractivity contribution < 1.29 is 19.4 Å². The van der Waals surface area contributed by atoms with Crippen LogP contribution in [-0.2, 0) is 4.74 Å². The molecular weight excluding hydrogens is 526 g/mol. The van der Waals surface area contributed by atoms with Gasteiger partial charge in [-0.05, 0) is 46.9 Å². The van der Waals surface area contributed by atoms with Crippen molar-refractivity contribution in [3.63, 3.8) is 0 Å². The highest BCUT2D eigenvalue weighted by atomic mass is 16.5. The van der Waals surface area contributed by atoms with Gasteiger partial charge >= 0.3 is 6.03 Å². The third kappa shape index (κ3) is 7.15. The number of phenolic OH excluding ortho intramolecular Hbond substituents is 1. The summed E-state index contributed by atoms with van der Waals surface area (Å²) in [7, 11) is 3.37. The molecule has 2 amide bonds. The van der Waals surface area contributed by atoms with Crippen molar-refractivity contribution in [1.29, 1.82) is 0 Å². The van der Waals surface area contributed by atoms with Gasteiger partial charge in [0.1, 0.15) is 11.5 Å². The molecule has 7 heteroatoms. The number of methoxy groups -OCH3 is 2. The highest BCUT2D eigenvalue weighted by molar-refractivity contribution is 5.87. The Labute approximate surface area is 251 Å². The number of hydrogen-bond donors (Lipinski definition) is 1. The third-order valence-electron chi connectivity index (χ3n) is 8.27. The Morgan fingerprint density at radius 1 is 0.905 bits per heavy atom. The van der Waals surface area contributed by atoms with Crippen LogP contribution in [0.5, 0.6) is 11.5 Å². The predicted molar refractivity (Wildman–Crippen MR) is 169 cm³/mol. The number of aromatic hydroxyl groups is 1. The number of carbonyl (C=O) groups excluding carboxylic acids is 1. The molecule has 0 saturated carbocycles. The van der Waals surface area contributed by atoms with Crippen molar-refractivity contribution in [1.82, 2.24) is 14.7 Å². The van der Waals surface area contributed by atoms with Gasteiger partial charge in [0, 0.05) is 57.0 Å². The molecule has 0 bridgehead atoms. The molecular formula is C35H45N3O4. The SMILES string of the molecule is C=C(c1ccc(C(C)C)cc1OC)N(C(=O)N1CCN(CCOC)CC1)C(c1ccc(O)cc1)C(C)c1ccccc1. The molecule has 1 aliphatic heterocycles. The average Bonchev–Trinajstić information content (AvgIpc) is 3.02. The smallest absolute Gasteiger partial charge is 0.325 e. The molecule has 0 radical (unpaired) electrons. The molecule has 7 nitrogen and oxygen atoms in total. The number of carbonyl (C=O) groups is 1. The summed E-state index contributed by atoms with van der Waals surface area (Å²) in [6.45, 7) is 15.3. The molecule has 0 aromatic heterocycles. The predicted octanol–water partition coefficient (Wildman–Crippen LogP) is 6.73. The van der Waals surface area contributed by atoms with E-state index in [4.69, 9.17) is 9.47 Å². The maximum absolute atomic E-state index is 14.7. The summed E-state index contributed by atoms with van der Waals surface area (Å²) < 4.78 is 11.1. The number of benzene rings is 3. The zero-order valence-corrected chi connectivity index (χ0v) is 25.6. The fourth-order valence-corrected chi connectivity index (χ4v) is 5.64. The first kappa shape index (κ1) is 31.1. The van der Waals surface area contributed by atoms with Crippen LogP contribution in [0.1, 0.15) is 60.9 Å². The molecule has 0 aliphatic carbocycles. The number of amides is 2. The highest BCUT2D eigenvalue weighted by Gasteiger charge is 2.37. The summed E-state index contributed by atoms with van der Waals surface area (Å²) in [5.74, 6) is 1.11. The van der Waals surface area contributed by atoms with Crippen LogP contribution in [-0.4, -0.2) is 79.4 Å². The summed E-state index contributed by atoms with van der Waals surface area (Å²) >= 11 is 0. The van der Waals surface area contributed by atoms with Gasteiger partial charge in [0.15, 0.2) is 0 Å². The fraction of sp³-hybridized carbons (Fsp3) is 0.400. The molecule has 1 aliphatic rings. The van der Waals surface area contributed by atoms with Gasteiger partial charge in [-0.25, -0.2) is 4.79 Å². The van der Waals surface area contributed by atoms with E-state index in [1.165, 1.54) is 0 Å². The van der Waals surface area contributed by atoms with E-state index in [0.717, 1.165) is 41.9 Å². The molecule has 1 saturated heterocycles. The van der Waals surface area contributed by atoms with Crippen LogP contribution in [0, 0.1) is 0 Å². The van der Waals surface area contributed by atoms with Crippen LogP contribution in [0.25, 0.3) is 5.70 Å². The molecule has 1 heterocycles. The van der Waals surface area contributed by atoms with Crippen LogP contribution in [0.3, 0.4) is 0 Å². The summed E-state index contributed by atoms with van der Waals surface area (Å²) in [6.07, 6.45) is 0. The minimum Gasteiger partial charge on any atom is -0.508 e. The van der Waals surface area contributed by atoms with Gasteiger partial charge in [-0.1, -0.05) is 75.9 Å². The van der Waals surface area contributed by atoms with E-state index < -0.39 is 6.04 Å². The number of urea groups is 1. The standard InChI is InChI=1S/C35H45N3O4/c1-25(2)30-14-17-32(33(24-30)42-6)27(4)38(35(40)37-20-18-36(19-21-37)22-23-41-5)34(29-12-15-31(39)16-13-29)26(3)28-10-8-7-9-11-28/h7-17,24-26,34,39H,4,18-23H2,1-3,5-6H3. The van der Waals surface area contributed by atoms with Gasteiger partial charge in [-0.3, -0.25) is 9.80 Å². The Morgan fingerprint density at radius 3 is 2.14 bits per heavy atom. The van der Waals surface area contributed by atoms with Gasteiger partial charge in [0.2, 0.25) is 0 Å². The van der Waals surface area contributed by atoms with Gasteiger partial charge in [0.05, 0.1) is 19.8 Å². The van der Waals surface area contributed by atoms with Gasteiger partial charge in [-0.15, -0.1) is 0 Å². The molecule has 2 unspecified atom stereocenters. The minimum absolute atomic E-state index is 0.0830. The number of rotatable bonds is 11. The molecule has 3 aromatic rings. The zero-order chi connectivity index (χ0) is 30.2. The fourth-order valence-electron chi connectivity index (χ4n) is 5.64. The van der Waals surface area contributed by atoms with Crippen LogP contribution in [0.15, 0.2) is 79.4 Å². The van der Waals surface area contributed by atoms with Crippen molar-refractivity contribution in [3.8, 4) is 11.5 Å². The second-order valence-corrected chi connectivity index (χ2v) is 11.3. The Bertz CT molecular complexity index is 1320.